The molecule has 0 radical (unpaired) electrons. The van der Waals surface area contributed by atoms with Gasteiger partial charge in [0.15, 0.2) is 0 Å². The van der Waals surface area contributed by atoms with Crippen molar-refractivity contribution in [2.75, 3.05) is 12.4 Å². The highest BCUT2D eigenvalue weighted by Crippen LogP contribution is 2.31. The topological polar surface area (TPSA) is 55.6 Å². The Kier molecular flexibility index (Phi) is 4.64. The van der Waals surface area contributed by atoms with Gasteiger partial charge in [0.05, 0.1) is 18.5 Å². The molecule has 2 aromatic heterocycles. The van der Waals surface area contributed by atoms with Crippen LogP contribution in [-0.4, -0.2) is 22.4 Å². The van der Waals surface area contributed by atoms with Crippen LogP contribution in [0.1, 0.15) is 15.9 Å². The van der Waals surface area contributed by atoms with Gasteiger partial charge in [-0.15, -0.1) is 0 Å². The standard InChI is InChI=1S/C26H21N3O2/c1-17-11-12-29-16-23(27-25(29)13-17)20-9-10-24(31-2)22(15-20)28-26(30)21-8-7-18-5-3-4-6-19(18)14-21/h3-16H,1-2H3,(H,28,30). The van der Waals surface area contributed by atoms with Crippen LogP contribution in [0.3, 0.4) is 0 Å². The van der Waals surface area contributed by atoms with Crippen LogP contribution in [-0.2, 0) is 0 Å². The molecule has 0 aliphatic heterocycles. The Hall–Kier alpha value is -4.12. The molecule has 5 rings (SSSR count). The summed E-state index contributed by atoms with van der Waals surface area (Å²) < 4.78 is 7.46. The summed E-state index contributed by atoms with van der Waals surface area (Å²) >= 11 is 0. The summed E-state index contributed by atoms with van der Waals surface area (Å²) in [6.07, 6.45) is 3.97. The van der Waals surface area contributed by atoms with E-state index in [1.54, 1.807) is 7.11 Å². The number of rotatable bonds is 4. The first kappa shape index (κ1) is 18.9. The first-order chi connectivity index (χ1) is 15.1. The second-order valence-corrected chi connectivity index (χ2v) is 7.53. The van der Waals surface area contributed by atoms with Gasteiger partial charge < -0.3 is 14.5 Å². The monoisotopic (exact) mass is 407 g/mol. The van der Waals surface area contributed by atoms with E-state index in [9.17, 15) is 4.79 Å². The minimum absolute atomic E-state index is 0.188. The van der Waals surface area contributed by atoms with Crippen molar-refractivity contribution >= 4 is 28.0 Å². The van der Waals surface area contributed by atoms with Gasteiger partial charge in [0.25, 0.3) is 5.91 Å². The molecule has 0 aliphatic rings. The Morgan fingerprint density at radius 3 is 2.65 bits per heavy atom. The number of aryl methyl sites for hydroxylation is 1. The normalized spacial score (nSPS) is 11.0. The molecular weight excluding hydrogens is 386 g/mol. The van der Waals surface area contributed by atoms with Crippen LogP contribution in [0.4, 0.5) is 5.69 Å². The Labute approximate surface area is 179 Å². The lowest BCUT2D eigenvalue weighted by atomic mass is 10.1. The number of hydrogen-bond acceptors (Lipinski definition) is 3. The molecule has 0 spiro atoms. The summed E-state index contributed by atoms with van der Waals surface area (Å²) in [6.45, 7) is 2.04. The molecule has 0 bridgehead atoms. The van der Waals surface area contributed by atoms with Crippen molar-refractivity contribution < 1.29 is 9.53 Å². The van der Waals surface area contributed by atoms with Gasteiger partial charge in [-0.1, -0.05) is 30.3 Å². The highest BCUT2D eigenvalue weighted by atomic mass is 16.5. The lowest BCUT2D eigenvalue weighted by Gasteiger charge is -2.12. The molecule has 0 fully saturated rings. The molecular formula is C26H21N3O2. The van der Waals surface area contributed by atoms with Crippen molar-refractivity contribution in [2.24, 2.45) is 0 Å². The predicted octanol–water partition coefficient (Wildman–Crippen LogP) is 5.72. The average molecular weight is 407 g/mol. The Balaban J connectivity index is 1.49. The zero-order valence-electron chi connectivity index (χ0n) is 17.3. The number of nitrogens with zero attached hydrogens (tertiary/aromatic N) is 2. The molecule has 1 amide bonds. The van der Waals surface area contributed by atoms with Crippen LogP contribution >= 0.6 is 0 Å². The van der Waals surface area contributed by atoms with Crippen LogP contribution in [0, 0.1) is 6.92 Å². The van der Waals surface area contributed by atoms with Gasteiger partial charge >= 0.3 is 0 Å². The van der Waals surface area contributed by atoms with E-state index >= 15 is 0 Å². The van der Waals surface area contributed by atoms with Crippen LogP contribution in [0.15, 0.2) is 85.2 Å². The van der Waals surface area contributed by atoms with Gasteiger partial charge in [-0.2, -0.15) is 0 Å². The fourth-order valence-corrected chi connectivity index (χ4v) is 3.71. The summed E-state index contributed by atoms with van der Waals surface area (Å²) in [7, 11) is 1.59. The molecule has 31 heavy (non-hydrogen) atoms. The minimum atomic E-state index is -0.188. The number of anilines is 1. The molecule has 2 heterocycles. The number of carbonyl (C=O) groups excluding carboxylic acids is 1. The fourth-order valence-electron chi connectivity index (χ4n) is 3.71. The molecule has 0 unspecified atom stereocenters. The number of ether oxygens (including phenoxy) is 1. The SMILES string of the molecule is COc1ccc(-c2cn3ccc(C)cc3n2)cc1NC(=O)c1ccc2ccccc2c1. The molecule has 5 nitrogen and oxygen atoms in total. The molecule has 152 valence electrons. The number of hydrogen-bond donors (Lipinski definition) is 1. The van der Waals surface area contributed by atoms with Gasteiger partial charge in [0.2, 0.25) is 0 Å². The van der Waals surface area contributed by atoms with Crippen molar-refractivity contribution in [3.63, 3.8) is 0 Å². The van der Waals surface area contributed by atoms with Gasteiger partial charge in [-0.3, -0.25) is 4.79 Å². The number of methoxy groups -OCH3 is 1. The smallest absolute Gasteiger partial charge is 0.255 e. The van der Waals surface area contributed by atoms with Gasteiger partial charge in [0.1, 0.15) is 11.4 Å². The van der Waals surface area contributed by atoms with Gasteiger partial charge in [0, 0.05) is 23.5 Å². The quantitative estimate of drug-likeness (QED) is 0.414. The Bertz CT molecular complexity index is 1440. The predicted molar refractivity (Wildman–Crippen MR) is 124 cm³/mol. The number of aromatic nitrogens is 2. The molecule has 5 heteroatoms. The van der Waals surface area contributed by atoms with E-state index < -0.39 is 0 Å². The summed E-state index contributed by atoms with van der Waals surface area (Å²) in [6, 6.07) is 23.4. The fraction of sp³-hybridized carbons (Fsp3) is 0.0769. The van der Waals surface area contributed by atoms with Crippen LogP contribution in [0.25, 0.3) is 27.7 Å². The third-order valence-corrected chi connectivity index (χ3v) is 5.37. The van der Waals surface area contributed by atoms with Crippen LogP contribution in [0.2, 0.25) is 0 Å². The first-order valence-corrected chi connectivity index (χ1v) is 10.0. The number of pyridine rings is 1. The number of benzene rings is 3. The maximum absolute atomic E-state index is 13.0. The third kappa shape index (κ3) is 3.62. The van der Waals surface area contributed by atoms with Crippen molar-refractivity contribution in [2.45, 2.75) is 6.92 Å². The van der Waals surface area contributed by atoms with Crippen molar-refractivity contribution in [1.29, 1.82) is 0 Å². The maximum Gasteiger partial charge on any atom is 0.255 e. The van der Waals surface area contributed by atoms with Crippen molar-refractivity contribution in [3.8, 4) is 17.0 Å². The zero-order valence-corrected chi connectivity index (χ0v) is 17.3. The van der Waals surface area contributed by atoms with Crippen molar-refractivity contribution in [3.05, 3.63) is 96.3 Å². The molecule has 0 saturated heterocycles. The Morgan fingerprint density at radius 2 is 1.81 bits per heavy atom. The summed E-state index contributed by atoms with van der Waals surface area (Å²) in [5, 5.41) is 5.12. The zero-order chi connectivity index (χ0) is 21.4. The lowest BCUT2D eigenvalue weighted by Crippen LogP contribution is -2.12. The summed E-state index contributed by atoms with van der Waals surface area (Å²) in [4.78, 5) is 17.7. The van der Waals surface area contributed by atoms with E-state index in [2.05, 4.69) is 5.32 Å². The summed E-state index contributed by atoms with van der Waals surface area (Å²) in [5.41, 5.74) is 4.96. The van der Waals surface area contributed by atoms with E-state index in [-0.39, 0.29) is 5.91 Å². The van der Waals surface area contributed by atoms with Crippen molar-refractivity contribution in [1.82, 2.24) is 9.38 Å². The number of carbonyl (C=O) groups is 1. The third-order valence-electron chi connectivity index (χ3n) is 5.37. The molecule has 0 atom stereocenters. The minimum Gasteiger partial charge on any atom is -0.495 e. The number of fused-ring (bicyclic) bond motifs is 2. The molecule has 0 saturated carbocycles. The second-order valence-electron chi connectivity index (χ2n) is 7.53. The molecule has 0 aliphatic carbocycles. The average Bonchev–Trinajstić information content (AvgIpc) is 3.22. The van der Waals surface area contributed by atoms with Gasteiger partial charge in [-0.25, -0.2) is 4.98 Å². The number of nitrogens with one attached hydrogen (secondary N) is 1. The number of imidazole rings is 1. The Morgan fingerprint density at radius 1 is 0.968 bits per heavy atom. The van der Waals surface area contributed by atoms with Crippen LogP contribution in [0.5, 0.6) is 5.75 Å². The van der Waals surface area contributed by atoms with E-state index in [0.717, 1.165) is 33.2 Å². The molecule has 1 N–H and O–H groups in total. The largest absolute Gasteiger partial charge is 0.495 e. The van der Waals surface area contributed by atoms with E-state index in [1.807, 2.05) is 96.5 Å². The van der Waals surface area contributed by atoms with E-state index in [0.29, 0.717) is 17.0 Å². The second kappa shape index (κ2) is 7.61. The molecule has 3 aromatic carbocycles. The summed E-state index contributed by atoms with van der Waals surface area (Å²) in [5.74, 6) is 0.407. The maximum atomic E-state index is 13.0. The van der Waals surface area contributed by atoms with Crippen LogP contribution < -0.4 is 10.1 Å². The molecule has 5 aromatic rings. The van der Waals surface area contributed by atoms with Gasteiger partial charge in [-0.05, 0) is 65.7 Å². The highest BCUT2D eigenvalue weighted by Gasteiger charge is 2.13. The number of amides is 1. The lowest BCUT2D eigenvalue weighted by molar-refractivity contribution is 0.102. The first-order valence-electron chi connectivity index (χ1n) is 10.0. The highest BCUT2D eigenvalue weighted by molar-refractivity contribution is 6.07. The van der Waals surface area contributed by atoms with E-state index in [4.69, 9.17) is 9.72 Å². The van der Waals surface area contributed by atoms with E-state index in [1.165, 1.54) is 0 Å².